The molecule has 0 atom stereocenters. The number of nitrogens with zero attached hydrogens (tertiary/aromatic N) is 3. The van der Waals surface area contributed by atoms with Gasteiger partial charge in [0.1, 0.15) is 5.03 Å². The fourth-order valence-corrected chi connectivity index (χ4v) is 2.09. The summed E-state index contributed by atoms with van der Waals surface area (Å²) in [6.45, 7) is 0. The molecule has 0 saturated carbocycles. The van der Waals surface area contributed by atoms with Gasteiger partial charge in [0.2, 0.25) is 0 Å². The van der Waals surface area contributed by atoms with E-state index in [2.05, 4.69) is 15.0 Å². The van der Waals surface area contributed by atoms with Crippen LogP contribution in [0.1, 0.15) is 5.69 Å². The van der Waals surface area contributed by atoms with Crippen LogP contribution >= 0.6 is 11.8 Å². The predicted octanol–water partition coefficient (Wildman–Crippen LogP) is 1.79. The molecule has 0 aromatic carbocycles. The Labute approximate surface area is 98.3 Å². The van der Waals surface area contributed by atoms with Gasteiger partial charge in [-0.05, 0) is 18.6 Å². The lowest BCUT2D eigenvalue weighted by Crippen LogP contribution is -1.97. The number of pyridine rings is 1. The van der Waals surface area contributed by atoms with E-state index < -0.39 is 0 Å². The average Bonchev–Trinajstić information content (AvgIpc) is 2.33. The molecule has 16 heavy (non-hydrogen) atoms. The van der Waals surface area contributed by atoms with Crippen LogP contribution in [0.3, 0.4) is 0 Å². The number of nitrogen functional groups attached to an aromatic ring is 1. The molecule has 82 valence electrons. The van der Waals surface area contributed by atoms with Gasteiger partial charge in [0, 0.05) is 30.0 Å². The summed E-state index contributed by atoms with van der Waals surface area (Å²) >= 11 is 1.60. The zero-order valence-corrected chi connectivity index (χ0v) is 9.52. The summed E-state index contributed by atoms with van der Waals surface area (Å²) in [7, 11) is 0. The van der Waals surface area contributed by atoms with Crippen molar-refractivity contribution in [1.82, 2.24) is 15.0 Å². The molecule has 0 spiro atoms. The van der Waals surface area contributed by atoms with Crippen molar-refractivity contribution >= 4 is 17.6 Å². The van der Waals surface area contributed by atoms with Crippen molar-refractivity contribution in [3.63, 3.8) is 0 Å². The Balaban J connectivity index is 1.87. The van der Waals surface area contributed by atoms with Crippen LogP contribution in [-0.2, 0) is 6.42 Å². The lowest BCUT2D eigenvalue weighted by Gasteiger charge is -2.02. The van der Waals surface area contributed by atoms with Gasteiger partial charge in [-0.1, -0.05) is 6.07 Å². The Morgan fingerprint density at radius 3 is 2.69 bits per heavy atom. The van der Waals surface area contributed by atoms with Crippen molar-refractivity contribution in [3.8, 4) is 0 Å². The molecule has 0 aliphatic rings. The van der Waals surface area contributed by atoms with E-state index in [1.807, 2.05) is 18.2 Å². The van der Waals surface area contributed by atoms with E-state index in [9.17, 15) is 0 Å². The standard InChI is InChI=1S/C11H12N4S/c12-10-11(15-7-6-14-10)16-8-4-9-3-1-2-5-13-9/h1-3,5-7H,4,8H2,(H2,12,14). The van der Waals surface area contributed by atoms with Crippen LogP contribution in [-0.4, -0.2) is 20.7 Å². The Morgan fingerprint density at radius 2 is 1.94 bits per heavy atom. The van der Waals surface area contributed by atoms with Gasteiger partial charge >= 0.3 is 0 Å². The number of aryl methyl sites for hydroxylation is 1. The van der Waals surface area contributed by atoms with Gasteiger partial charge < -0.3 is 5.73 Å². The van der Waals surface area contributed by atoms with Crippen LogP contribution in [0, 0.1) is 0 Å². The summed E-state index contributed by atoms with van der Waals surface area (Å²) in [6, 6.07) is 5.92. The Morgan fingerprint density at radius 1 is 1.06 bits per heavy atom. The van der Waals surface area contributed by atoms with E-state index >= 15 is 0 Å². The normalized spacial score (nSPS) is 10.2. The number of rotatable bonds is 4. The topological polar surface area (TPSA) is 64.7 Å². The molecule has 0 aliphatic carbocycles. The number of thioether (sulfide) groups is 1. The van der Waals surface area contributed by atoms with Crippen molar-refractivity contribution in [2.75, 3.05) is 11.5 Å². The van der Waals surface area contributed by atoms with Gasteiger partial charge in [-0.2, -0.15) is 0 Å². The lowest BCUT2D eigenvalue weighted by atomic mass is 10.3. The van der Waals surface area contributed by atoms with Crippen LogP contribution in [0.15, 0.2) is 41.8 Å². The highest BCUT2D eigenvalue weighted by Gasteiger charge is 2.01. The number of hydrogen-bond acceptors (Lipinski definition) is 5. The fourth-order valence-electron chi connectivity index (χ4n) is 1.25. The molecule has 2 N–H and O–H groups in total. The molecule has 0 bridgehead atoms. The van der Waals surface area contributed by atoms with Crippen LogP contribution < -0.4 is 5.73 Å². The number of hydrogen-bond donors (Lipinski definition) is 1. The van der Waals surface area contributed by atoms with Crippen LogP contribution in [0.2, 0.25) is 0 Å². The molecule has 0 saturated heterocycles. The molecule has 0 amide bonds. The zero-order valence-electron chi connectivity index (χ0n) is 8.71. The minimum absolute atomic E-state index is 0.494. The molecular weight excluding hydrogens is 220 g/mol. The summed E-state index contributed by atoms with van der Waals surface area (Å²) in [5.74, 6) is 1.40. The predicted molar refractivity (Wildman–Crippen MR) is 65.1 cm³/mol. The fraction of sp³-hybridized carbons (Fsp3) is 0.182. The summed E-state index contributed by atoms with van der Waals surface area (Å²) < 4.78 is 0. The van der Waals surface area contributed by atoms with Gasteiger partial charge in [0.25, 0.3) is 0 Å². The third-order valence-corrected chi connectivity index (χ3v) is 3.01. The van der Waals surface area contributed by atoms with Crippen molar-refractivity contribution in [1.29, 1.82) is 0 Å². The molecule has 4 nitrogen and oxygen atoms in total. The number of nitrogens with two attached hydrogens (primary N) is 1. The molecule has 0 unspecified atom stereocenters. The van der Waals surface area contributed by atoms with Gasteiger partial charge in [-0.25, -0.2) is 9.97 Å². The Bertz CT molecular complexity index is 447. The van der Waals surface area contributed by atoms with E-state index in [1.165, 1.54) is 0 Å². The van der Waals surface area contributed by atoms with E-state index in [-0.39, 0.29) is 0 Å². The van der Waals surface area contributed by atoms with Crippen molar-refractivity contribution in [2.45, 2.75) is 11.4 Å². The Kier molecular flexibility index (Phi) is 3.71. The third kappa shape index (κ3) is 2.93. The van der Waals surface area contributed by atoms with E-state index in [0.29, 0.717) is 5.82 Å². The number of anilines is 1. The highest BCUT2D eigenvalue weighted by molar-refractivity contribution is 7.99. The van der Waals surface area contributed by atoms with E-state index in [0.717, 1.165) is 22.9 Å². The molecule has 0 fully saturated rings. The first-order chi connectivity index (χ1) is 7.86. The SMILES string of the molecule is Nc1nccnc1SCCc1ccccn1. The smallest absolute Gasteiger partial charge is 0.156 e. The monoisotopic (exact) mass is 232 g/mol. The molecular formula is C11H12N4S. The zero-order chi connectivity index (χ0) is 11.2. The first kappa shape index (κ1) is 10.9. The molecule has 2 aromatic rings. The first-order valence-electron chi connectivity index (χ1n) is 4.95. The molecule has 0 radical (unpaired) electrons. The number of aromatic nitrogens is 3. The van der Waals surface area contributed by atoms with Crippen LogP contribution in [0.4, 0.5) is 5.82 Å². The van der Waals surface area contributed by atoms with Crippen molar-refractivity contribution in [2.24, 2.45) is 0 Å². The maximum atomic E-state index is 5.69. The molecule has 2 heterocycles. The second-order valence-electron chi connectivity index (χ2n) is 3.17. The second-order valence-corrected chi connectivity index (χ2v) is 4.25. The van der Waals surface area contributed by atoms with E-state index in [4.69, 9.17) is 5.73 Å². The van der Waals surface area contributed by atoms with Crippen molar-refractivity contribution < 1.29 is 0 Å². The third-order valence-electron chi connectivity index (χ3n) is 2.01. The first-order valence-corrected chi connectivity index (χ1v) is 5.94. The maximum Gasteiger partial charge on any atom is 0.156 e. The minimum Gasteiger partial charge on any atom is -0.381 e. The van der Waals surface area contributed by atoms with Gasteiger partial charge in [0.05, 0.1) is 0 Å². The quantitative estimate of drug-likeness (QED) is 0.814. The highest BCUT2D eigenvalue weighted by atomic mass is 32.2. The molecule has 0 aliphatic heterocycles. The van der Waals surface area contributed by atoms with Gasteiger partial charge in [-0.3, -0.25) is 4.98 Å². The van der Waals surface area contributed by atoms with Crippen LogP contribution in [0.25, 0.3) is 0 Å². The van der Waals surface area contributed by atoms with Crippen molar-refractivity contribution in [3.05, 3.63) is 42.5 Å². The lowest BCUT2D eigenvalue weighted by molar-refractivity contribution is 1.03. The summed E-state index contributed by atoms with van der Waals surface area (Å²) in [4.78, 5) is 12.4. The molecule has 2 rings (SSSR count). The maximum absolute atomic E-state index is 5.69. The average molecular weight is 232 g/mol. The minimum atomic E-state index is 0.494. The van der Waals surface area contributed by atoms with Gasteiger partial charge in [-0.15, -0.1) is 11.8 Å². The summed E-state index contributed by atoms with van der Waals surface area (Å²) in [6.07, 6.45) is 5.95. The highest BCUT2D eigenvalue weighted by Crippen LogP contribution is 2.20. The Hall–Kier alpha value is -1.62. The van der Waals surface area contributed by atoms with Crippen LogP contribution in [0.5, 0.6) is 0 Å². The summed E-state index contributed by atoms with van der Waals surface area (Å²) in [5.41, 5.74) is 6.77. The second kappa shape index (κ2) is 5.46. The van der Waals surface area contributed by atoms with Gasteiger partial charge in [0.15, 0.2) is 5.82 Å². The summed E-state index contributed by atoms with van der Waals surface area (Å²) in [5, 5.41) is 0.790. The molecule has 5 heteroatoms. The molecule has 2 aromatic heterocycles. The van der Waals surface area contributed by atoms with E-state index in [1.54, 1.807) is 30.4 Å². The largest absolute Gasteiger partial charge is 0.381 e.